The van der Waals surface area contributed by atoms with E-state index in [1.165, 1.54) is 12.1 Å². The fraction of sp³-hybridized carbons (Fsp3) is 0.0588. The highest BCUT2D eigenvalue weighted by Crippen LogP contribution is 2.47. The number of benzene rings is 6. The molecule has 0 nitrogen and oxygen atoms in total. The lowest BCUT2D eigenvalue weighted by Gasteiger charge is -2.21. The van der Waals surface area contributed by atoms with Gasteiger partial charge in [-0.25, -0.2) is 0 Å². The highest BCUT2D eigenvalue weighted by molar-refractivity contribution is 6.14. The van der Waals surface area contributed by atoms with E-state index in [1.54, 1.807) is 24.3 Å². The van der Waals surface area contributed by atoms with Crippen LogP contribution in [0.1, 0.15) is 11.1 Å². The molecule has 0 bridgehead atoms. The lowest BCUT2D eigenvalue weighted by Crippen LogP contribution is -2.05. The highest BCUT2D eigenvalue weighted by Gasteiger charge is 2.32. The third-order valence-electron chi connectivity index (χ3n) is 7.11. The molecule has 6 aromatic rings. The smallest absolute Gasteiger partial charge is 0.166 e. The first-order chi connectivity index (χ1) is 19.1. The van der Waals surface area contributed by atoms with Gasteiger partial charge in [0.25, 0.3) is 0 Å². The second kappa shape index (κ2) is 9.56. The summed E-state index contributed by atoms with van der Waals surface area (Å²) in [6.45, 7) is 0. The molecular weight excluding hydrogens is 522 g/mol. The second-order valence-corrected chi connectivity index (χ2v) is 9.58. The van der Waals surface area contributed by atoms with Crippen LogP contribution < -0.4 is 0 Å². The number of hydrogen-bond donors (Lipinski definition) is 0. The van der Waals surface area contributed by atoms with Crippen LogP contribution in [0, 0.1) is 0 Å². The van der Waals surface area contributed by atoms with Crippen molar-refractivity contribution in [1.29, 1.82) is 0 Å². The minimum atomic E-state index is -4.53. The van der Waals surface area contributed by atoms with E-state index in [0.29, 0.717) is 33.4 Å². The zero-order valence-corrected chi connectivity index (χ0v) is 20.8. The third kappa shape index (κ3) is 4.60. The molecule has 40 heavy (non-hydrogen) atoms. The van der Waals surface area contributed by atoms with E-state index in [1.807, 2.05) is 60.7 Å². The molecule has 0 spiro atoms. The van der Waals surface area contributed by atoms with Gasteiger partial charge in [0.2, 0.25) is 0 Å². The molecule has 0 aliphatic heterocycles. The molecule has 0 saturated heterocycles. The van der Waals surface area contributed by atoms with Crippen molar-refractivity contribution in [1.82, 2.24) is 0 Å². The van der Waals surface area contributed by atoms with Gasteiger partial charge in [0.15, 0.2) is 0 Å². The van der Waals surface area contributed by atoms with Gasteiger partial charge in [-0.05, 0) is 79.2 Å². The van der Waals surface area contributed by atoms with Gasteiger partial charge in [0.05, 0.1) is 11.1 Å². The summed E-state index contributed by atoms with van der Waals surface area (Å²) in [5, 5.41) is 3.27. The van der Waals surface area contributed by atoms with Crippen molar-refractivity contribution in [2.75, 3.05) is 0 Å². The molecule has 6 rings (SSSR count). The summed E-state index contributed by atoms with van der Waals surface area (Å²) >= 11 is 0. The maximum Gasteiger partial charge on any atom is 0.416 e. The van der Waals surface area contributed by atoms with E-state index in [-0.39, 0.29) is 0 Å². The van der Waals surface area contributed by atoms with Crippen LogP contribution >= 0.6 is 0 Å². The van der Waals surface area contributed by atoms with Crippen molar-refractivity contribution in [3.8, 4) is 33.4 Å². The van der Waals surface area contributed by atoms with E-state index < -0.39 is 23.5 Å². The first-order valence-corrected chi connectivity index (χ1v) is 12.5. The van der Waals surface area contributed by atoms with Gasteiger partial charge in [-0.15, -0.1) is 0 Å². The fourth-order valence-electron chi connectivity index (χ4n) is 5.29. The van der Waals surface area contributed by atoms with Gasteiger partial charge in [-0.2, -0.15) is 26.3 Å². The van der Waals surface area contributed by atoms with Crippen LogP contribution in [0.25, 0.3) is 54.9 Å². The van der Waals surface area contributed by atoms with Crippen LogP contribution in [-0.4, -0.2) is 0 Å². The molecule has 0 aromatic heterocycles. The maximum absolute atomic E-state index is 13.7. The largest absolute Gasteiger partial charge is 0.416 e. The Morgan fingerprint density at radius 3 is 1.18 bits per heavy atom. The summed E-state index contributed by atoms with van der Waals surface area (Å²) in [6.07, 6.45) is -9.06. The molecule has 198 valence electrons. The molecule has 6 heteroatoms. The summed E-state index contributed by atoms with van der Waals surface area (Å²) < 4.78 is 82.2. The van der Waals surface area contributed by atoms with Gasteiger partial charge in [0.1, 0.15) is 0 Å². The van der Waals surface area contributed by atoms with E-state index in [0.717, 1.165) is 45.8 Å². The Kier molecular flexibility index (Phi) is 6.14. The molecule has 0 radical (unpaired) electrons. The average molecular weight is 543 g/mol. The van der Waals surface area contributed by atoms with Crippen LogP contribution in [0.5, 0.6) is 0 Å². The molecule has 0 atom stereocenters. The second-order valence-electron chi connectivity index (χ2n) is 9.58. The van der Waals surface area contributed by atoms with E-state index >= 15 is 0 Å². The topological polar surface area (TPSA) is 0 Å². The summed E-state index contributed by atoms with van der Waals surface area (Å²) in [5.74, 6) is 0. The number of alkyl halides is 6. The lowest BCUT2D eigenvalue weighted by atomic mass is 9.83. The van der Waals surface area contributed by atoms with Gasteiger partial charge >= 0.3 is 12.4 Å². The minimum Gasteiger partial charge on any atom is -0.166 e. The molecule has 0 amide bonds. The number of halogens is 6. The molecule has 0 fully saturated rings. The summed E-state index contributed by atoms with van der Waals surface area (Å²) in [7, 11) is 0. The summed E-state index contributed by atoms with van der Waals surface area (Å²) in [5.41, 5.74) is 1.57. The van der Waals surface area contributed by atoms with Gasteiger partial charge in [0, 0.05) is 0 Å². The Morgan fingerprint density at radius 2 is 0.775 bits per heavy atom. The van der Waals surface area contributed by atoms with Crippen molar-refractivity contribution in [2.24, 2.45) is 0 Å². The molecule has 0 aliphatic rings. The van der Waals surface area contributed by atoms with Gasteiger partial charge in [-0.1, -0.05) is 97.1 Å². The van der Waals surface area contributed by atoms with Gasteiger partial charge in [-0.3, -0.25) is 0 Å². The molecule has 0 heterocycles. The van der Waals surface area contributed by atoms with E-state index in [9.17, 15) is 26.3 Å². The average Bonchev–Trinajstić information content (AvgIpc) is 2.95. The first kappa shape index (κ1) is 25.7. The van der Waals surface area contributed by atoms with Crippen molar-refractivity contribution in [2.45, 2.75) is 12.4 Å². The Bertz CT molecular complexity index is 1740. The van der Waals surface area contributed by atoms with Crippen LogP contribution in [0.3, 0.4) is 0 Å². The zero-order valence-electron chi connectivity index (χ0n) is 20.8. The van der Waals surface area contributed by atoms with Crippen molar-refractivity contribution < 1.29 is 26.3 Å². The Morgan fingerprint density at radius 1 is 0.375 bits per heavy atom. The maximum atomic E-state index is 13.7. The van der Waals surface area contributed by atoms with Gasteiger partial charge < -0.3 is 0 Å². The molecule has 0 saturated carbocycles. The summed E-state index contributed by atoms with van der Waals surface area (Å²) in [4.78, 5) is 0. The monoisotopic (exact) mass is 542 g/mol. The predicted octanol–water partition coefficient (Wildman–Crippen LogP) is 11.0. The van der Waals surface area contributed by atoms with Crippen LogP contribution in [0.15, 0.2) is 121 Å². The molecule has 6 aromatic carbocycles. The first-order valence-electron chi connectivity index (χ1n) is 12.5. The predicted molar refractivity (Wildman–Crippen MR) is 148 cm³/mol. The SMILES string of the molecule is FC(F)(F)c1cccc(-c2ccc3ccccc3c2-c2c(-c3cccc(C(F)(F)F)c3)ccc3ccccc23)c1. The number of fused-ring (bicyclic) bond motifs is 2. The quantitative estimate of drug-likeness (QED) is 0.195. The van der Waals surface area contributed by atoms with Crippen molar-refractivity contribution in [3.63, 3.8) is 0 Å². The minimum absolute atomic E-state index is 0.360. The van der Waals surface area contributed by atoms with E-state index in [4.69, 9.17) is 0 Å². The molecular formula is C34H20F6. The van der Waals surface area contributed by atoms with E-state index in [2.05, 4.69) is 0 Å². The Hall–Kier alpha value is -4.58. The fourth-order valence-corrected chi connectivity index (χ4v) is 5.29. The Balaban J connectivity index is 1.75. The third-order valence-corrected chi connectivity index (χ3v) is 7.11. The molecule has 0 aliphatic carbocycles. The van der Waals surface area contributed by atoms with Crippen LogP contribution in [-0.2, 0) is 12.4 Å². The molecule has 0 N–H and O–H groups in total. The standard InChI is InChI=1S/C34H20F6/c35-33(36,37)25-11-5-9-23(19-25)29-17-15-21-7-1-3-13-27(21)31(29)32-28-14-4-2-8-22(28)16-18-30(32)24-10-6-12-26(20-24)34(38,39)40/h1-20H. The number of hydrogen-bond acceptors (Lipinski definition) is 0. The normalized spacial score (nSPS) is 12.2. The van der Waals surface area contributed by atoms with Crippen molar-refractivity contribution in [3.05, 3.63) is 132 Å². The Labute approximate surface area is 226 Å². The zero-order chi connectivity index (χ0) is 28.1. The lowest BCUT2D eigenvalue weighted by molar-refractivity contribution is -0.138. The van der Waals surface area contributed by atoms with Crippen molar-refractivity contribution >= 4 is 21.5 Å². The summed E-state index contributed by atoms with van der Waals surface area (Å²) in [6, 6.07) is 32.5. The number of rotatable bonds is 3. The van der Waals surface area contributed by atoms with Crippen LogP contribution in [0.2, 0.25) is 0 Å². The molecule has 0 unspecified atom stereocenters. The highest BCUT2D eigenvalue weighted by atomic mass is 19.4. The van der Waals surface area contributed by atoms with Crippen LogP contribution in [0.4, 0.5) is 26.3 Å².